The van der Waals surface area contributed by atoms with E-state index >= 15 is 0 Å². The van der Waals surface area contributed by atoms with E-state index in [4.69, 9.17) is 28.9 Å². The molecular weight excluding hydrogens is 451 g/mol. The number of hydrogen-bond donors (Lipinski definition) is 1. The molecule has 2 heterocycles. The van der Waals surface area contributed by atoms with Crippen LogP contribution in [0.25, 0.3) is 33.2 Å². The van der Waals surface area contributed by atoms with E-state index in [1.165, 1.54) is 0 Å². The molecule has 0 unspecified atom stereocenters. The van der Waals surface area contributed by atoms with Crippen molar-refractivity contribution in [2.24, 2.45) is 0 Å². The van der Waals surface area contributed by atoms with Gasteiger partial charge in [0.15, 0.2) is 0 Å². The molecule has 33 heavy (non-hydrogen) atoms. The van der Waals surface area contributed by atoms with E-state index < -0.39 is 0 Å². The number of anilines is 1. The lowest BCUT2D eigenvalue weighted by Crippen LogP contribution is -2.00. The fourth-order valence-electron chi connectivity index (χ4n) is 4.17. The smallest absolute Gasteiger partial charge is 0.141 e. The molecule has 0 radical (unpaired) electrons. The summed E-state index contributed by atoms with van der Waals surface area (Å²) in [5.41, 5.74) is 12.1. The van der Waals surface area contributed by atoms with Gasteiger partial charge in [-0.1, -0.05) is 77.8 Å². The van der Waals surface area contributed by atoms with E-state index in [1.54, 1.807) is 12.3 Å². The van der Waals surface area contributed by atoms with Crippen molar-refractivity contribution in [3.63, 3.8) is 0 Å². The molecule has 5 aromatic rings. The fourth-order valence-corrected chi connectivity index (χ4v) is 4.49. The summed E-state index contributed by atoms with van der Waals surface area (Å²) >= 11 is 12.3. The van der Waals surface area contributed by atoms with Crippen LogP contribution in [0.15, 0.2) is 85.2 Å². The Kier molecular flexibility index (Phi) is 5.51. The summed E-state index contributed by atoms with van der Waals surface area (Å²) in [6, 6.07) is 25.9. The second-order valence-corrected chi connectivity index (χ2v) is 8.54. The molecule has 2 N–H and O–H groups in total. The average molecular weight is 469 g/mol. The van der Waals surface area contributed by atoms with Crippen molar-refractivity contribution in [2.75, 3.05) is 5.73 Å². The van der Waals surface area contributed by atoms with E-state index in [0.717, 1.165) is 38.7 Å². The molecule has 0 fully saturated rings. The second kappa shape index (κ2) is 8.63. The Morgan fingerprint density at radius 2 is 1.67 bits per heavy atom. The van der Waals surface area contributed by atoms with Gasteiger partial charge < -0.3 is 10.3 Å². The molecule has 0 aliphatic carbocycles. The molecule has 2 aromatic heterocycles. The topological polar surface area (TPSA) is 67.6 Å². The Labute approximate surface area is 201 Å². The Morgan fingerprint density at radius 1 is 0.909 bits per heavy atom. The number of nitrogens with zero attached hydrogens (tertiary/aromatic N) is 3. The van der Waals surface area contributed by atoms with Crippen molar-refractivity contribution in [2.45, 2.75) is 6.54 Å². The van der Waals surface area contributed by atoms with Gasteiger partial charge >= 0.3 is 0 Å². The first kappa shape index (κ1) is 21.1. The van der Waals surface area contributed by atoms with Gasteiger partial charge in [0, 0.05) is 46.5 Å². The largest absolute Gasteiger partial charge is 0.383 e. The van der Waals surface area contributed by atoms with Crippen molar-refractivity contribution in [3.8, 4) is 28.3 Å². The van der Waals surface area contributed by atoms with Crippen LogP contribution < -0.4 is 5.73 Å². The van der Waals surface area contributed by atoms with Gasteiger partial charge in [0.2, 0.25) is 0 Å². The zero-order valence-electron chi connectivity index (χ0n) is 17.5. The van der Waals surface area contributed by atoms with E-state index in [1.807, 2.05) is 54.6 Å². The summed E-state index contributed by atoms with van der Waals surface area (Å²) in [6.45, 7) is 0.598. The Bertz CT molecular complexity index is 1530. The lowest BCUT2D eigenvalue weighted by molar-refractivity contribution is 0.837. The van der Waals surface area contributed by atoms with Crippen LogP contribution in [-0.4, -0.2) is 9.55 Å². The lowest BCUT2D eigenvalue weighted by Gasteiger charge is -2.12. The monoisotopic (exact) mass is 468 g/mol. The normalized spacial score (nSPS) is 10.9. The Balaban J connectivity index is 1.76. The highest BCUT2D eigenvalue weighted by Crippen LogP contribution is 2.40. The van der Waals surface area contributed by atoms with Gasteiger partial charge in [-0.2, -0.15) is 5.26 Å². The van der Waals surface area contributed by atoms with Gasteiger partial charge in [-0.05, 0) is 29.3 Å². The van der Waals surface area contributed by atoms with E-state index in [-0.39, 0.29) is 5.82 Å². The average Bonchev–Trinajstić information content (AvgIpc) is 3.20. The highest BCUT2D eigenvalue weighted by Gasteiger charge is 2.20. The van der Waals surface area contributed by atoms with Gasteiger partial charge in [-0.3, -0.25) is 0 Å². The SMILES string of the molecule is N#Cc1c(N)ncc(-c2ccccc2)c1-c1cn(Cc2ccc(Cl)c(Cl)c2)c2ccccc12. The van der Waals surface area contributed by atoms with Crippen LogP contribution in [0.2, 0.25) is 10.0 Å². The molecule has 6 heteroatoms. The fraction of sp³-hybridized carbons (Fsp3) is 0.0370. The number of benzene rings is 3. The van der Waals surface area contributed by atoms with Crippen LogP contribution >= 0.6 is 23.2 Å². The van der Waals surface area contributed by atoms with Crippen LogP contribution in [0.4, 0.5) is 5.82 Å². The van der Waals surface area contributed by atoms with E-state index in [0.29, 0.717) is 22.2 Å². The number of nitrogen functional groups attached to an aromatic ring is 1. The summed E-state index contributed by atoms with van der Waals surface area (Å²) in [5, 5.41) is 12.1. The third kappa shape index (κ3) is 3.82. The molecule has 0 saturated heterocycles. The van der Waals surface area contributed by atoms with Gasteiger partial charge in [-0.15, -0.1) is 0 Å². The quantitative estimate of drug-likeness (QED) is 0.303. The van der Waals surface area contributed by atoms with Gasteiger partial charge in [0.25, 0.3) is 0 Å². The molecule has 0 spiro atoms. The first-order valence-corrected chi connectivity index (χ1v) is 11.1. The highest BCUT2D eigenvalue weighted by molar-refractivity contribution is 6.42. The van der Waals surface area contributed by atoms with Crippen molar-refractivity contribution in [1.82, 2.24) is 9.55 Å². The zero-order valence-corrected chi connectivity index (χ0v) is 19.0. The standard InChI is InChI=1S/C27H18Cl2N4/c28-23-11-10-17(12-24(23)29)15-33-16-22(19-8-4-5-9-25(19)33)26-20(13-30)27(31)32-14-21(26)18-6-2-1-3-7-18/h1-12,14,16H,15H2,(H2,31,32). The van der Waals surface area contributed by atoms with Gasteiger partial charge in [0.05, 0.1) is 10.0 Å². The number of rotatable bonds is 4. The molecule has 0 saturated carbocycles. The summed E-state index contributed by atoms with van der Waals surface area (Å²) in [6.07, 6.45) is 3.81. The van der Waals surface area contributed by atoms with Crippen LogP contribution in [0.5, 0.6) is 0 Å². The molecule has 0 aliphatic rings. The minimum atomic E-state index is 0.216. The maximum absolute atomic E-state index is 10.00. The minimum absolute atomic E-state index is 0.216. The van der Waals surface area contributed by atoms with Gasteiger partial charge in [0.1, 0.15) is 17.5 Å². The number of halogens is 2. The lowest BCUT2D eigenvalue weighted by atomic mass is 9.92. The maximum atomic E-state index is 10.00. The highest BCUT2D eigenvalue weighted by atomic mass is 35.5. The second-order valence-electron chi connectivity index (χ2n) is 7.72. The molecular formula is C27H18Cl2N4. The number of nitriles is 1. The van der Waals surface area contributed by atoms with Gasteiger partial charge in [-0.25, -0.2) is 4.98 Å². The summed E-state index contributed by atoms with van der Waals surface area (Å²) in [4.78, 5) is 4.31. The molecule has 0 amide bonds. The van der Waals surface area contributed by atoms with E-state index in [9.17, 15) is 5.26 Å². The van der Waals surface area contributed by atoms with Crippen molar-refractivity contribution in [1.29, 1.82) is 5.26 Å². The molecule has 5 rings (SSSR count). The maximum Gasteiger partial charge on any atom is 0.141 e. The number of aromatic nitrogens is 2. The zero-order chi connectivity index (χ0) is 22.9. The number of para-hydroxylation sites is 1. The summed E-state index contributed by atoms with van der Waals surface area (Å²) in [5.74, 6) is 0.216. The third-order valence-electron chi connectivity index (χ3n) is 5.70. The number of nitrogens with two attached hydrogens (primary N) is 1. The first-order chi connectivity index (χ1) is 16.1. The van der Waals surface area contributed by atoms with E-state index in [2.05, 4.69) is 33.9 Å². The van der Waals surface area contributed by atoms with Crippen LogP contribution in [0, 0.1) is 11.3 Å². The molecule has 0 bridgehead atoms. The van der Waals surface area contributed by atoms with Crippen LogP contribution in [0.3, 0.4) is 0 Å². The Morgan fingerprint density at radius 3 is 2.42 bits per heavy atom. The molecule has 4 nitrogen and oxygen atoms in total. The molecule has 0 aliphatic heterocycles. The third-order valence-corrected chi connectivity index (χ3v) is 6.44. The van der Waals surface area contributed by atoms with Crippen LogP contribution in [0.1, 0.15) is 11.1 Å². The molecule has 0 atom stereocenters. The van der Waals surface area contributed by atoms with Crippen molar-refractivity contribution >= 4 is 39.9 Å². The minimum Gasteiger partial charge on any atom is -0.383 e. The summed E-state index contributed by atoms with van der Waals surface area (Å²) < 4.78 is 2.15. The van der Waals surface area contributed by atoms with Crippen LogP contribution in [-0.2, 0) is 6.54 Å². The molecule has 160 valence electrons. The first-order valence-electron chi connectivity index (χ1n) is 10.3. The summed E-state index contributed by atoms with van der Waals surface area (Å²) in [7, 11) is 0. The predicted molar refractivity (Wildman–Crippen MR) is 135 cm³/mol. The molecule has 3 aromatic carbocycles. The predicted octanol–water partition coefficient (Wildman–Crippen LogP) is 7.18. The Hall–Kier alpha value is -3.78. The number of pyridine rings is 1. The number of fused-ring (bicyclic) bond motifs is 1. The van der Waals surface area contributed by atoms with Crippen molar-refractivity contribution < 1.29 is 0 Å². The number of hydrogen-bond acceptors (Lipinski definition) is 3. The van der Waals surface area contributed by atoms with Crippen molar-refractivity contribution in [3.05, 3.63) is 106 Å².